The zero-order valence-electron chi connectivity index (χ0n) is 13.7. The van der Waals surface area contributed by atoms with Gasteiger partial charge >= 0.3 is 0 Å². The van der Waals surface area contributed by atoms with E-state index in [0.717, 1.165) is 29.1 Å². The summed E-state index contributed by atoms with van der Waals surface area (Å²) >= 11 is 1.80. The van der Waals surface area contributed by atoms with Crippen molar-refractivity contribution in [3.8, 4) is 11.5 Å². The molecule has 0 saturated heterocycles. The average molecular weight is 341 g/mol. The van der Waals surface area contributed by atoms with Crippen molar-refractivity contribution in [1.82, 2.24) is 9.97 Å². The number of hydrogen-bond acceptors (Lipinski definition) is 6. The van der Waals surface area contributed by atoms with E-state index < -0.39 is 0 Å². The normalized spacial score (nSPS) is 13.2. The van der Waals surface area contributed by atoms with Gasteiger partial charge in [-0.2, -0.15) is 0 Å². The number of fused-ring (bicyclic) bond motifs is 3. The number of phenols is 1. The van der Waals surface area contributed by atoms with Crippen LogP contribution < -0.4 is 9.64 Å². The van der Waals surface area contributed by atoms with Crippen LogP contribution >= 0.6 is 11.3 Å². The third kappa shape index (κ3) is 2.47. The molecule has 0 saturated carbocycles. The molecule has 2 aromatic heterocycles. The van der Waals surface area contributed by atoms with Gasteiger partial charge in [-0.25, -0.2) is 9.97 Å². The maximum Gasteiger partial charge on any atom is 0.160 e. The highest BCUT2D eigenvalue weighted by Crippen LogP contribution is 2.40. The van der Waals surface area contributed by atoms with Gasteiger partial charge in [0, 0.05) is 18.5 Å². The maximum absolute atomic E-state index is 9.75. The second-order valence-corrected chi connectivity index (χ2v) is 7.18. The Balaban J connectivity index is 1.70. The van der Waals surface area contributed by atoms with Crippen LogP contribution in [0, 0.1) is 0 Å². The second kappa shape index (κ2) is 5.94. The number of rotatable bonds is 4. The van der Waals surface area contributed by atoms with Crippen LogP contribution in [-0.2, 0) is 19.4 Å². The predicted octanol–water partition coefficient (Wildman–Crippen LogP) is 3.53. The van der Waals surface area contributed by atoms with Crippen molar-refractivity contribution < 1.29 is 9.84 Å². The number of aryl methyl sites for hydroxylation is 2. The number of ether oxygens (including phenoxy) is 1. The largest absolute Gasteiger partial charge is 0.504 e. The molecule has 1 N–H and O–H groups in total. The summed E-state index contributed by atoms with van der Waals surface area (Å²) in [6.07, 6.45) is 5.16. The summed E-state index contributed by atoms with van der Waals surface area (Å²) in [6, 6.07) is 5.44. The minimum Gasteiger partial charge on any atom is -0.504 e. The lowest BCUT2D eigenvalue weighted by Gasteiger charge is -2.20. The van der Waals surface area contributed by atoms with Crippen molar-refractivity contribution in [3.63, 3.8) is 0 Å². The van der Waals surface area contributed by atoms with Crippen molar-refractivity contribution in [3.05, 3.63) is 40.5 Å². The van der Waals surface area contributed by atoms with E-state index in [4.69, 9.17) is 4.74 Å². The second-order valence-electron chi connectivity index (χ2n) is 6.10. The molecule has 0 radical (unpaired) electrons. The molecule has 0 fully saturated rings. The van der Waals surface area contributed by atoms with E-state index >= 15 is 0 Å². The molecule has 0 aliphatic heterocycles. The van der Waals surface area contributed by atoms with Gasteiger partial charge in [0.2, 0.25) is 0 Å². The molecule has 1 aliphatic carbocycles. The van der Waals surface area contributed by atoms with Gasteiger partial charge < -0.3 is 14.7 Å². The van der Waals surface area contributed by atoms with E-state index in [-0.39, 0.29) is 5.75 Å². The lowest BCUT2D eigenvalue weighted by Crippen LogP contribution is -2.18. The number of thiophene rings is 1. The van der Waals surface area contributed by atoms with Crippen LogP contribution in [0.15, 0.2) is 24.5 Å². The fraction of sp³-hybridized carbons (Fsp3) is 0.333. The van der Waals surface area contributed by atoms with Crippen LogP contribution in [0.4, 0.5) is 5.82 Å². The van der Waals surface area contributed by atoms with Crippen molar-refractivity contribution in [1.29, 1.82) is 0 Å². The summed E-state index contributed by atoms with van der Waals surface area (Å²) in [7, 11) is 3.60. The van der Waals surface area contributed by atoms with E-state index in [1.807, 2.05) is 19.2 Å². The first-order valence-electron chi connectivity index (χ1n) is 7.99. The molecule has 4 rings (SSSR count). The number of aromatic nitrogens is 2. The molecule has 0 atom stereocenters. The van der Waals surface area contributed by atoms with Crippen molar-refractivity contribution in [2.24, 2.45) is 0 Å². The Labute approximate surface area is 144 Å². The minimum atomic E-state index is 0.156. The number of anilines is 1. The molecule has 0 bridgehead atoms. The highest BCUT2D eigenvalue weighted by atomic mass is 32.1. The molecular weight excluding hydrogens is 322 g/mol. The Bertz CT molecular complexity index is 907. The predicted molar refractivity (Wildman–Crippen MR) is 96.2 cm³/mol. The van der Waals surface area contributed by atoms with Crippen LogP contribution in [0.3, 0.4) is 0 Å². The maximum atomic E-state index is 9.75. The number of benzene rings is 1. The molecule has 5 nitrogen and oxygen atoms in total. The first-order valence-corrected chi connectivity index (χ1v) is 8.81. The number of phenolic OH excluding ortho intramolecular Hbond substituents is 1. The van der Waals surface area contributed by atoms with Gasteiger partial charge in [-0.05, 0) is 42.5 Å². The molecule has 2 heterocycles. The van der Waals surface area contributed by atoms with Crippen LogP contribution in [0.25, 0.3) is 10.2 Å². The van der Waals surface area contributed by atoms with E-state index in [1.165, 1.54) is 22.2 Å². The Hall–Kier alpha value is -2.34. The molecule has 0 amide bonds. The SMILES string of the molecule is COc1cc(CN(C)c2ncnc3sc4c(c23)CCC4)ccc1O. The summed E-state index contributed by atoms with van der Waals surface area (Å²) in [6.45, 7) is 0.688. The molecule has 0 unspecified atom stereocenters. The summed E-state index contributed by atoms with van der Waals surface area (Å²) in [4.78, 5) is 13.7. The van der Waals surface area contributed by atoms with Crippen LogP contribution in [0.1, 0.15) is 22.4 Å². The quantitative estimate of drug-likeness (QED) is 0.787. The third-order valence-electron chi connectivity index (χ3n) is 4.51. The third-order valence-corrected chi connectivity index (χ3v) is 5.71. The van der Waals surface area contributed by atoms with E-state index in [0.29, 0.717) is 12.3 Å². The van der Waals surface area contributed by atoms with Gasteiger partial charge in [0.15, 0.2) is 11.5 Å². The summed E-state index contributed by atoms with van der Waals surface area (Å²) in [5.74, 6) is 1.63. The van der Waals surface area contributed by atoms with Crippen LogP contribution in [0.2, 0.25) is 0 Å². The van der Waals surface area contributed by atoms with Gasteiger partial charge in [-0.15, -0.1) is 11.3 Å². The average Bonchev–Trinajstić information content (AvgIpc) is 3.16. The molecule has 0 spiro atoms. The number of nitrogens with zero attached hydrogens (tertiary/aromatic N) is 3. The smallest absolute Gasteiger partial charge is 0.160 e. The number of aromatic hydroxyl groups is 1. The summed E-state index contributed by atoms with van der Waals surface area (Å²) in [5.41, 5.74) is 2.49. The van der Waals surface area contributed by atoms with Gasteiger partial charge in [0.25, 0.3) is 0 Å². The summed E-state index contributed by atoms with van der Waals surface area (Å²) in [5, 5.41) is 11.0. The first kappa shape index (κ1) is 15.2. The van der Waals surface area contributed by atoms with E-state index in [1.54, 1.807) is 30.8 Å². The molecule has 24 heavy (non-hydrogen) atoms. The number of hydrogen-bond donors (Lipinski definition) is 1. The van der Waals surface area contributed by atoms with Crippen molar-refractivity contribution in [2.75, 3.05) is 19.1 Å². The fourth-order valence-corrected chi connectivity index (χ4v) is 4.59. The molecular formula is C18H19N3O2S. The lowest BCUT2D eigenvalue weighted by molar-refractivity contribution is 0.373. The van der Waals surface area contributed by atoms with Crippen molar-refractivity contribution >= 4 is 27.4 Å². The Morgan fingerprint density at radius 1 is 1.29 bits per heavy atom. The molecule has 1 aromatic carbocycles. The monoisotopic (exact) mass is 341 g/mol. The Kier molecular flexibility index (Phi) is 3.76. The zero-order chi connectivity index (χ0) is 16.7. The molecule has 124 valence electrons. The van der Waals surface area contributed by atoms with E-state index in [9.17, 15) is 5.11 Å². The van der Waals surface area contributed by atoms with Gasteiger partial charge in [-0.3, -0.25) is 0 Å². The van der Waals surface area contributed by atoms with Gasteiger partial charge in [0.1, 0.15) is 17.0 Å². The summed E-state index contributed by atoms with van der Waals surface area (Å²) < 4.78 is 5.20. The molecule has 1 aliphatic rings. The Morgan fingerprint density at radius 3 is 3.00 bits per heavy atom. The van der Waals surface area contributed by atoms with Gasteiger partial charge in [-0.1, -0.05) is 6.07 Å². The highest BCUT2D eigenvalue weighted by molar-refractivity contribution is 7.19. The van der Waals surface area contributed by atoms with Crippen LogP contribution in [-0.4, -0.2) is 29.2 Å². The number of methoxy groups -OCH3 is 1. The fourth-order valence-electron chi connectivity index (χ4n) is 3.37. The van der Waals surface area contributed by atoms with Gasteiger partial charge in [0.05, 0.1) is 12.5 Å². The lowest BCUT2D eigenvalue weighted by atomic mass is 10.1. The van der Waals surface area contributed by atoms with Crippen LogP contribution in [0.5, 0.6) is 11.5 Å². The topological polar surface area (TPSA) is 58.5 Å². The van der Waals surface area contributed by atoms with E-state index in [2.05, 4.69) is 14.9 Å². The molecule has 3 aromatic rings. The zero-order valence-corrected chi connectivity index (χ0v) is 14.6. The minimum absolute atomic E-state index is 0.156. The van der Waals surface area contributed by atoms with Crippen molar-refractivity contribution in [2.45, 2.75) is 25.8 Å². The first-order chi connectivity index (χ1) is 11.7. The highest BCUT2D eigenvalue weighted by Gasteiger charge is 2.22. The Morgan fingerprint density at radius 2 is 2.17 bits per heavy atom. The molecule has 6 heteroatoms. The standard InChI is InChI=1S/C18H19N3O2S/c1-21(9-11-6-7-13(22)14(8-11)23-2)17-16-12-4-3-5-15(12)24-18(16)20-10-19-17/h6-8,10,22H,3-5,9H2,1-2H3.